The summed E-state index contributed by atoms with van der Waals surface area (Å²) in [6, 6.07) is 12.5. The van der Waals surface area contributed by atoms with Gasteiger partial charge in [0.25, 0.3) is 0 Å². The highest BCUT2D eigenvalue weighted by molar-refractivity contribution is 5.78. The molecule has 1 aromatic rings. The molecule has 590 valence electrons. The molecule has 26 nitrogen and oxygen atoms in total. The Balaban J connectivity index is -0.00000115. The minimum Gasteiger partial charge on any atom is -0.481 e. The van der Waals surface area contributed by atoms with Crippen LogP contribution in [0.2, 0.25) is 0 Å². The lowest BCUT2D eigenvalue weighted by atomic mass is 9.94. The van der Waals surface area contributed by atoms with Gasteiger partial charge in [0.05, 0.1) is 73.4 Å². The zero-order valence-electron chi connectivity index (χ0n) is 64.7. The first-order chi connectivity index (χ1) is 48.8. The van der Waals surface area contributed by atoms with Crippen LogP contribution in [0.1, 0.15) is 210 Å². The molecule has 0 aromatic heterocycles. The van der Waals surface area contributed by atoms with E-state index in [9.17, 15) is 47.9 Å². The molecule has 1 aromatic carbocycles. The Morgan fingerprint density at radius 3 is 1.20 bits per heavy atom. The molecular formula is C76H138N8O18. The lowest BCUT2D eigenvalue weighted by Crippen LogP contribution is -2.43. The van der Waals surface area contributed by atoms with E-state index < -0.39 is 17.9 Å². The zero-order chi connectivity index (χ0) is 76.5. The van der Waals surface area contributed by atoms with E-state index >= 15 is 0 Å². The molecule has 6 heterocycles. The van der Waals surface area contributed by atoms with Crippen molar-refractivity contribution in [1.29, 1.82) is 0 Å². The van der Waals surface area contributed by atoms with Crippen LogP contribution in [0.5, 0.6) is 0 Å². The molecule has 6 saturated heterocycles. The largest absolute Gasteiger partial charge is 0.481 e. The van der Waals surface area contributed by atoms with E-state index in [0.717, 1.165) is 194 Å². The Morgan fingerprint density at radius 2 is 0.824 bits per heavy atom. The summed E-state index contributed by atoms with van der Waals surface area (Å²) in [6.07, 6.45) is 21.5. The molecule has 4 N–H and O–H groups in total. The summed E-state index contributed by atoms with van der Waals surface area (Å²) < 4.78 is 32.7. The van der Waals surface area contributed by atoms with E-state index in [0.29, 0.717) is 36.7 Å². The van der Waals surface area contributed by atoms with Crippen LogP contribution in [0.25, 0.3) is 0 Å². The summed E-state index contributed by atoms with van der Waals surface area (Å²) in [7, 11) is 9.82. The van der Waals surface area contributed by atoms with E-state index in [1.807, 2.05) is 73.6 Å². The number of allylic oxidation sites excluding steroid dienone is 2. The number of methoxy groups -OCH3 is 7. The molecule has 102 heavy (non-hydrogen) atoms. The summed E-state index contributed by atoms with van der Waals surface area (Å²) in [6.45, 7) is 27.9. The number of carboxylic acids is 1. The van der Waals surface area contributed by atoms with Crippen LogP contribution in [0.3, 0.4) is 0 Å². The SMILES string of the molecule is C.CC.CC.CC.CC.COC(=O)C(CC=O)CC=O.COC(=O)C1CC=CC1.COC(=O)C1CCN([C@H]2CCCN(C(=O)OC)CC2)CC1.COC(=O)N1CCC[C@H](N)CC1.COC(=O)N1CCC[C@H](N2CCC(C(=O)O)CC2)CC1.COC(=O)N1CCC[C@H](N[C@H](C)c2ccccc2)CC1. The number of nitrogens with one attached hydrogen (secondary N) is 1. The van der Waals surface area contributed by atoms with Crippen molar-refractivity contribution in [3.63, 3.8) is 0 Å². The number of rotatable bonds is 13. The summed E-state index contributed by atoms with van der Waals surface area (Å²) in [4.78, 5) is 122. The van der Waals surface area contributed by atoms with Gasteiger partial charge >= 0.3 is 48.3 Å². The van der Waals surface area contributed by atoms with Crippen molar-refractivity contribution < 1.29 is 86.2 Å². The third kappa shape index (κ3) is 40.2. The number of amides is 4. The van der Waals surface area contributed by atoms with Gasteiger partial charge in [0.15, 0.2) is 0 Å². The van der Waals surface area contributed by atoms with E-state index in [1.165, 1.54) is 55.3 Å². The minimum atomic E-state index is -0.664. The maximum atomic E-state index is 11.6. The average Bonchev–Trinajstić information content (AvgIpc) is 1.46. The van der Waals surface area contributed by atoms with Crippen molar-refractivity contribution in [3.8, 4) is 0 Å². The third-order valence-electron chi connectivity index (χ3n) is 18.2. The summed E-state index contributed by atoms with van der Waals surface area (Å²) in [5.74, 6) is -1.95. The van der Waals surface area contributed by atoms with Crippen LogP contribution in [0.15, 0.2) is 42.5 Å². The Labute approximate surface area is 613 Å². The van der Waals surface area contributed by atoms with Crippen molar-refractivity contribution >= 4 is 60.8 Å². The van der Waals surface area contributed by atoms with E-state index in [4.69, 9.17) is 29.8 Å². The smallest absolute Gasteiger partial charge is 0.409 e. The fourth-order valence-electron chi connectivity index (χ4n) is 12.6. The monoisotopic (exact) mass is 1450 g/mol. The predicted molar refractivity (Wildman–Crippen MR) is 400 cm³/mol. The van der Waals surface area contributed by atoms with E-state index in [-0.39, 0.29) is 80.4 Å². The van der Waals surface area contributed by atoms with Gasteiger partial charge < -0.3 is 88.3 Å². The first kappa shape index (κ1) is 99.3. The molecule has 6 fully saturated rings. The first-order valence-corrected chi connectivity index (χ1v) is 37.2. The molecule has 4 amide bonds. The van der Waals surface area contributed by atoms with Crippen molar-refractivity contribution in [1.82, 2.24) is 34.7 Å². The van der Waals surface area contributed by atoms with Gasteiger partial charge in [0.1, 0.15) is 12.6 Å². The van der Waals surface area contributed by atoms with Gasteiger partial charge in [0, 0.05) is 95.4 Å². The molecule has 7 aliphatic rings. The van der Waals surface area contributed by atoms with Crippen molar-refractivity contribution in [2.24, 2.45) is 29.4 Å². The van der Waals surface area contributed by atoms with Gasteiger partial charge in [-0.2, -0.15) is 0 Å². The minimum absolute atomic E-state index is 0. The number of carbonyl (C=O) groups excluding carboxylic acids is 9. The summed E-state index contributed by atoms with van der Waals surface area (Å²) in [5, 5.41) is 12.7. The molecule has 1 aliphatic carbocycles. The number of aliphatic carboxylic acids is 1. The Bertz CT molecular complexity index is 2400. The van der Waals surface area contributed by atoms with Crippen LogP contribution in [-0.2, 0) is 61.9 Å². The zero-order valence-corrected chi connectivity index (χ0v) is 64.7. The normalized spacial score (nSPS) is 20.2. The Kier molecular flexibility index (Phi) is 61.0. The molecule has 6 aliphatic heterocycles. The number of nitrogens with two attached hydrogens (primary N) is 1. The van der Waals surface area contributed by atoms with Gasteiger partial charge in [-0.3, -0.25) is 19.2 Å². The Hall–Kier alpha value is -6.90. The topological polar surface area (TPSA) is 313 Å². The summed E-state index contributed by atoms with van der Waals surface area (Å²) in [5.41, 5.74) is 7.07. The van der Waals surface area contributed by atoms with Crippen molar-refractivity contribution in [2.75, 3.05) is 128 Å². The maximum absolute atomic E-state index is 11.6. The number of likely N-dealkylation sites (tertiary alicyclic amines) is 6. The highest BCUT2D eigenvalue weighted by atomic mass is 16.6. The van der Waals surface area contributed by atoms with Gasteiger partial charge in [0.2, 0.25) is 0 Å². The molecule has 0 bridgehead atoms. The van der Waals surface area contributed by atoms with Crippen LogP contribution >= 0.6 is 0 Å². The summed E-state index contributed by atoms with van der Waals surface area (Å²) >= 11 is 0. The molecule has 0 unspecified atom stereocenters. The number of hydrogen-bond donors (Lipinski definition) is 3. The van der Waals surface area contributed by atoms with Gasteiger partial charge in [-0.25, -0.2) is 19.2 Å². The van der Waals surface area contributed by atoms with Gasteiger partial charge in [-0.05, 0) is 154 Å². The fourth-order valence-corrected chi connectivity index (χ4v) is 12.6. The number of ether oxygens (including phenoxy) is 7. The number of carbonyl (C=O) groups is 10. The van der Waals surface area contributed by atoms with Gasteiger partial charge in [-0.1, -0.05) is 105 Å². The highest BCUT2D eigenvalue weighted by Crippen LogP contribution is 2.27. The van der Waals surface area contributed by atoms with Crippen LogP contribution < -0.4 is 11.1 Å². The van der Waals surface area contributed by atoms with Crippen LogP contribution in [0, 0.1) is 23.7 Å². The first-order valence-electron chi connectivity index (χ1n) is 37.2. The second kappa shape index (κ2) is 62.6. The fraction of sp³-hybridized carbons (Fsp3) is 0.763. The molecule has 0 saturated carbocycles. The van der Waals surface area contributed by atoms with Crippen LogP contribution in [-0.4, -0.2) is 248 Å². The average molecular weight is 1450 g/mol. The highest BCUT2D eigenvalue weighted by Gasteiger charge is 2.33. The number of hydrogen-bond acceptors (Lipinski definition) is 21. The molecule has 0 radical (unpaired) electrons. The quantitative estimate of drug-likeness (QED) is 0.0715. The number of aldehydes is 2. The molecular weight excluding hydrogens is 1310 g/mol. The number of benzene rings is 1. The number of esters is 3. The van der Waals surface area contributed by atoms with Gasteiger partial charge in [-0.15, -0.1) is 0 Å². The second-order valence-electron chi connectivity index (χ2n) is 24.3. The number of nitrogens with zero attached hydrogens (tertiary/aromatic N) is 6. The Morgan fingerprint density at radius 1 is 0.461 bits per heavy atom. The molecule has 8 rings (SSSR count). The van der Waals surface area contributed by atoms with Crippen molar-refractivity contribution in [3.05, 3.63) is 48.0 Å². The van der Waals surface area contributed by atoms with Crippen molar-refractivity contribution in [2.45, 2.75) is 228 Å². The molecule has 26 heteroatoms. The third-order valence-corrected chi connectivity index (χ3v) is 18.2. The lowest BCUT2D eigenvalue weighted by Gasteiger charge is -2.36. The standard InChI is InChI=1S/C16H24N2O2.C15H26N2O4.C14H24N2O4.C8H16N2O2.C7H10O4.C7H10O2.4C2H6.CH4/c1-13(14-7-4-3-5-8-14)17-15-9-6-11-18(12-10-15)16(19)20-2;1-20-14(18)12-5-9-16(10-6-12)13-4-3-8-17(11-7-13)15(19)21-2;1-20-14(19)16-7-2-3-12(6-10-16)15-8-4-11(5-9-15)13(17)18;1-12-8(11)10-5-2-3-7(9)4-6-10;1-11-7(10)6(2-4-8)3-5-9;1-9-7(8)6-4-2-3-5-6;4*1-2;/h3-5,7-8,13,15,17H,6,9-12H2,1-2H3;12-13H,3-11H2,1-2H3;11-12H,2-10H2,1H3,(H,17,18);7H,2-6,9H2,1H3;4-6H,2-3H2,1H3;2-3,6H,4-5H2,1H3;4*1-2H3;1H4/t13-,15+;13-;12-;7-;;;;;;;/m1000......./s1. The number of piperidine rings is 2. The number of carboxylic acid groups (broad SMARTS) is 1. The van der Waals surface area contributed by atoms with Crippen LogP contribution in [0.4, 0.5) is 19.2 Å². The molecule has 5 atom stereocenters. The van der Waals surface area contributed by atoms with E-state index in [2.05, 4.69) is 60.5 Å². The predicted octanol–water partition coefficient (Wildman–Crippen LogP) is 12.2. The maximum Gasteiger partial charge on any atom is 0.409 e. The molecule has 0 spiro atoms. The lowest BCUT2D eigenvalue weighted by molar-refractivity contribution is -0.147. The van der Waals surface area contributed by atoms with E-state index in [1.54, 1.807) is 19.6 Å². The second-order valence-corrected chi connectivity index (χ2v) is 24.3.